The van der Waals surface area contributed by atoms with E-state index in [0.717, 1.165) is 68.0 Å². The number of rotatable bonds is 10. The van der Waals surface area contributed by atoms with Gasteiger partial charge in [-0.2, -0.15) is 18.4 Å². The summed E-state index contributed by atoms with van der Waals surface area (Å²) in [6.07, 6.45) is 0.820. The number of hydrogen-bond donors (Lipinski definition) is 1. The van der Waals surface area contributed by atoms with Gasteiger partial charge in [0, 0.05) is 67.5 Å². The number of nitriles is 1. The number of halogens is 4. The number of hydrogen-bond acceptors (Lipinski definition) is 6. The Balaban J connectivity index is 0.834. The van der Waals surface area contributed by atoms with Crippen molar-refractivity contribution < 1.29 is 31.9 Å². The van der Waals surface area contributed by atoms with Crippen LogP contribution in [-0.2, 0) is 18.0 Å². The Hall–Kier alpha value is -5.09. The van der Waals surface area contributed by atoms with Gasteiger partial charge in [-0.05, 0) is 112 Å². The maximum atomic E-state index is 15.2. The maximum absolute atomic E-state index is 15.2. The van der Waals surface area contributed by atoms with Gasteiger partial charge >= 0.3 is 12.2 Å². The third kappa shape index (κ3) is 8.04. The van der Waals surface area contributed by atoms with Crippen LogP contribution in [0, 0.1) is 17.1 Å². The summed E-state index contributed by atoms with van der Waals surface area (Å²) in [6, 6.07) is 18.3. The summed E-state index contributed by atoms with van der Waals surface area (Å²) in [4.78, 5) is 29.9. The van der Waals surface area contributed by atoms with Gasteiger partial charge in [-0.25, -0.2) is 9.18 Å². The van der Waals surface area contributed by atoms with Gasteiger partial charge in [-0.15, -0.1) is 0 Å². The molecule has 7 rings (SSSR count). The molecule has 284 valence electrons. The van der Waals surface area contributed by atoms with Crippen molar-refractivity contribution in [1.29, 1.82) is 5.26 Å². The number of urea groups is 1. The van der Waals surface area contributed by atoms with E-state index in [4.69, 9.17) is 10.00 Å². The van der Waals surface area contributed by atoms with Crippen LogP contribution in [-0.4, -0.2) is 67.3 Å². The van der Waals surface area contributed by atoms with E-state index in [1.807, 2.05) is 23.1 Å². The molecule has 3 amide bonds. The van der Waals surface area contributed by atoms with Crippen LogP contribution in [0.3, 0.4) is 0 Å². The average Bonchev–Trinajstić information content (AvgIpc) is 3.49. The topological polar surface area (TPSA) is 93.8 Å². The number of ether oxygens (including phenoxy) is 1. The lowest BCUT2D eigenvalue weighted by molar-refractivity contribution is -0.137. The summed E-state index contributed by atoms with van der Waals surface area (Å²) >= 11 is 0. The van der Waals surface area contributed by atoms with Crippen LogP contribution in [0.25, 0.3) is 10.9 Å². The van der Waals surface area contributed by atoms with Crippen LogP contribution >= 0.6 is 0 Å². The molecular formula is C41H44F4N6O3. The summed E-state index contributed by atoms with van der Waals surface area (Å²) < 4.78 is 63.7. The van der Waals surface area contributed by atoms with Crippen LogP contribution in [0.5, 0.6) is 5.75 Å². The van der Waals surface area contributed by atoms with Gasteiger partial charge in [0.05, 0.1) is 29.3 Å². The number of anilines is 2. The van der Waals surface area contributed by atoms with Gasteiger partial charge in [0.2, 0.25) is 5.91 Å². The fraction of sp³-hybridized carbons (Fsp3) is 0.439. The summed E-state index contributed by atoms with van der Waals surface area (Å²) in [5.41, 5.74) is 2.83. The number of likely N-dealkylation sites (tertiary alicyclic amines) is 1. The van der Waals surface area contributed by atoms with Crippen molar-refractivity contribution in [2.24, 2.45) is 7.05 Å². The number of carbonyl (C=O) groups excluding carboxylic acids is 2. The lowest BCUT2D eigenvalue weighted by atomic mass is 9.88. The van der Waals surface area contributed by atoms with E-state index < -0.39 is 17.3 Å². The Kier molecular flexibility index (Phi) is 10.8. The van der Waals surface area contributed by atoms with Gasteiger partial charge in [-0.3, -0.25) is 15.0 Å². The molecule has 3 fully saturated rings. The molecule has 54 heavy (non-hydrogen) atoms. The quantitative estimate of drug-likeness (QED) is 0.130. The van der Waals surface area contributed by atoms with Crippen molar-refractivity contribution in [3.05, 3.63) is 88.9 Å². The molecular weight excluding hydrogens is 700 g/mol. The minimum absolute atomic E-state index is 0.0448. The number of nitrogens with one attached hydrogen (secondary N) is 1. The number of alkyl halides is 3. The first-order valence-electron chi connectivity index (χ1n) is 18.7. The Morgan fingerprint density at radius 3 is 2.31 bits per heavy atom. The molecule has 4 aromatic rings. The number of piperidine rings is 2. The second kappa shape index (κ2) is 15.7. The van der Waals surface area contributed by atoms with Gasteiger partial charge in [-0.1, -0.05) is 12.1 Å². The molecule has 3 aliphatic rings. The second-order valence-corrected chi connectivity index (χ2v) is 14.6. The van der Waals surface area contributed by atoms with Crippen LogP contribution in [0.15, 0.2) is 60.7 Å². The predicted octanol–water partition coefficient (Wildman–Crippen LogP) is 8.08. The van der Waals surface area contributed by atoms with E-state index in [0.29, 0.717) is 68.4 Å². The molecule has 4 heterocycles. The number of unbranched alkanes of at least 4 members (excludes halogenated alkanes) is 1. The third-order valence-electron chi connectivity index (χ3n) is 11.3. The number of aromatic nitrogens is 1. The summed E-state index contributed by atoms with van der Waals surface area (Å²) in [6.45, 7) is 4.83. The van der Waals surface area contributed by atoms with Crippen molar-refractivity contribution in [2.45, 2.75) is 63.0 Å². The van der Waals surface area contributed by atoms with Crippen LogP contribution in [0.2, 0.25) is 0 Å². The molecule has 1 aromatic heterocycles. The van der Waals surface area contributed by atoms with E-state index >= 15 is 4.39 Å². The molecule has 3 aliphatic heterocycles. The highest BCUT2D eigenvalue weighted by Crippen LogP contribution is 2.38. The van der Waals surface area contributed by atoms with E-state index in [2.05, 4.69) is 27.9 Å². The lowest BCUT2D eigenvalue weighted by Crippen LogP contribution is -2.49. The molecule has 3 aromatic carbocycles. The first-order chi connectivity index (χ1) is 26.0. The van der Waals surface area contributed by atoms with Crippen LogP contribution in [0.4, 0.5) is 33.7 Å². The second-order valence-electron chi connectivity index (χ2n) is 14.6. The minimum Gasteiger partial charge on any atom is -0.493 e. The summed E-state index contributed by atoms with van der Waals surface area (Å²) in [5.74, 6) is 0.317. The largest absolute Gasteiger partial charge is 0.493 e. The van der Waals surface area contributed by atoms with Crippen molar-refractivity contribution in [1.82, 2.24) is 14.8 Å². The third-order valence-corrected chi connectivity index (χ3v) is 11.3. The zero-order chi connectivity index (χ0) is 38.0. The lowest BCUT2D eigenvalue weighted by Gasteiger charge is -2.34. The Labute approximate surface area is 312 Å². The molecule has 0 radical (unpaired) electrons. The Bertz CT molecular complexity index is 2060. The fourth-order valence-corrected chi connectivity index (χ4v) is 8.23. The van der Waals surface area contributed by atoms with Crippen LogP contribution in [0.1, 0.15) is 79.2 Å². The Morgan fingerprint density at radius 1 is 0.870 bits per heavy atom. The number of imide groups is 1. The Morgan fingerprint density at radius 2 is 1.61 bits per heavy atom. The van der Waals surface area contributed by atoms with Crippen molar-refractivity contribution in [2.75, 3.05) is 55.7 Å². The van der Waals surface area contributed by atoms with Gasteiger partial charge in [0.1, 0.15) is 11.6 Å². The number of benzene rings is 3. The van der Waals surface area contributed by atoms with Crippen LogP contribution < -0.4 is 19.9 Å². The first-order valence-corrected chi connectivity index (χ1v) is 18.7. The summed E-state index contributed by atoms with van der Waals surface area (Å²) in [7, 11) is 2.08. The van der Waals surface area contributed by atoms with Gasteiger partial charge in [0.15, 0.2) is 0 Å². The number of carbonyl (C=O) groups is 2. The SMILES string of the molecule is Cn1c(C2CCN(CCCCOc3ccc(C4CCN(c5ccc(C#N)c(C(F)(F)F)c5)CC4)c(F)c3)CC2)cc2ccc(N3CCC(=O)NC3=O)cc21. The highest BCUT2D eigenvalue weighted by Gasteiger charge is 2.35. The number of amides is 3. The van der Waals surface area contributed by atoms with E-state index in [-0.39, 0.29) is 23.7 Å². The average molecular weight is 745 g/mol. The highest BCUT2D eigenvalue weighted by atomic mass is 19.4. The summed E-state index contributed by atoms with van der Waals surface area (Å²) in [5, 5.41) is 12.6. The van der Waals surface area contributed by atoms with E-state index in [1.165, 1.54) is 17.8 Å². The standard InChI is InChI=1S/C41H44F4N6O3/c1-48-37(22-29-4-7-32(24-38(29)48)51-20-14-39(52)47-40(51)53)28-10-16-49(17-11-28)15-2-3-21-54-33-8-9-34(36(42)25-33)27-12-18-50(19-13-27)31-6-5-30(26-46)35(23-31)41(43,44)45/h4-9,22-25,27-28H,2-3,10-21H2,1H3,(H,47,52,53). The first kappa shape index (κ1) is 37.2. The molecule has 0 aliphatic carbocycles. The molecule has 13 heteroatoms. The smallest absolute Gasteiger partial charge is 0.417 e. The zero-order valence-electron chi connectivity index (χ0n) is 30.3. The number of nitrogens with zero attached hydrogens (tertiary/aromatic N) is 5. The molecule has 0 bridgehead atoms. The monoisotopic (exact) mass is 744 g/mol. The zero-order valence-corrected chi connectivity index (χ0v) is 30.3. The maximum Gasteiger partial charge on any atom is 0.417 e. The van der Waals surface area contributed by atoms with E-state index in [9.17, 15) is 22.8 Å². The van der Waals surface area contributed by atoms with Crippen molar-refractivity contribution in [3.8, 4) is 11.8 Å². The van der Waals surface area contributed by atoms with Gasteiger partial charge in [0.25, 0.3) is 0 Å². The molecule has 9 nitrogen and oxygen atoms in total. The number of fused-ring (bicyclic) bond motifs is 1. The molecule has 3 saturated heterocycles. The predicted molar refractivity (Wildman–Crippen MR) is 198 cm³/mol. The van der Waals surface area contributed by atoms with E-state index in [1.54, 1.807) is 29.2 Å². The van der Waals surface area contributed by atoms with Crippen molar-refractivity contribution in [3.63, 3.8) is 0 Å². The molecule has 0 atom stereocenters. The number of aryl methyl sites for hydroxylation is 1. The van der Waals surface area contributed by atoms with Crippen molar-refractivity contribution >= 4 is 34.2 Å². The molecule has 1 N–H and O–H groups in total. The fourth-order valence-electron chi connectivity index (χ4n) is 8.23. The van der Waals surface area contributed by atoms with Gasteiger partial charge < -0.3 is 19.1 Å². The molecule has 0 unspecified atom stereocenters. The highest BCUT2D eigenvalue weighted by molar-refractivity contribution is 6.06. The normalized spacial score (nSPS) is 17.9. The minimum atomic E-state index is -4.61. The molecule has 0 spiro atoms. The molecule has 0 saturated carbocycles.